The summed E-state index contributed by atoms with van der Waals surface area (Å²) in [5.41, 5.74) is 0.973. The molecule has 0 aromatic heterocycles. The molecule has 0 spiro atoms. The minimum Gasteiger partial charge on any atom is -0.497 e. The van der Waals surface area contributed by atoms with E-state index in [9.17, 15) is 9.59 Å². The van der Waals surface area contributed by atoms with Gasteiger partial charge in [0.05, 0.1) is 20.0 Å². The van der Waals surface area contributed by atoms with E-state index in [-0.39, 0.29) is 17.8 Å². The van der Waals surface area contributed by atoms with Gasteiger partial charge in [-0.15, -0.1) is 11.8 Å². The number of nitrogens with zero attached hydrogens (tertiary/aromatic N) is 1. The van der Waals surface area contributed by atoms with Crippen LogP contribution in [0, 0.1) is 0 Å². The number of carbonyl (C=O) groups excluding carboxylic acids is 2. The highest BCUT2D eigenvalue weighted by Gasteiger charge is 2.34. The summed E-state index contributed by atoms with van der Waals surface area (Å²) in [6, 6.07) is 7.49. The van der Waals surface area contributed by atoms with Gasteiger partial charge in [0.25, 0.3) is 0 Å². The van der Waals surface area contributed by atoms with Crippen LogP contribution in [-0.4, -0.2) is 43.3 Å². The summed E-state index contributed by atoms with van der Waals surface area (Å²) >= 11 is 1.51. The molecule has 1 unspecified atom stereocenters. The van der Waals surface area contributed by atoms with Crippen molar-refractivity contribution in [1.29, 1.82) is 0 Å². The van der Waals surface area contributed by atoms with Crippen LogP contribution in [0.2, 0.25) is 0 Å². The minimum atomic E-state index is -0.408. The maximum absolute atomic E-state index is 11.8. The Hall–Kier alpha value is -1.69. The van der Waals surface area contributed by atoms with Crippen molar-refractivity contribution in [3.8, 4) is 5.75 Å². The quantitative estimate of drug-likeness (QED) is 0.782. The summed E-state index contributed by atoms with van der Waals surface area (Å²) in [5, 5.41) is -0.141. The number of amides is 1. The zero-order valence-corrected chi connectivity index (χ0v) is 11.6. The lowest BCUT2D eigenvalue weighted by atomic mass is 10.2. The highest BCUT2D eigenvalue weighted by Crippen LogP contribution is 2.38. The van der Waals surface area contributed by atoms with Crippen LogP contribution in [0.3, 0.4) is 0 Å². The van der Waals surface area contributed by atoms with Gasteiger partial charge in [0.15, 0.2) is 0 Å². The van der Waals surface area contributed by atoms with Gasteiger partial charge < -0.3 is 14.4 Å². The van der Waals surface area contributed by atoms with E-state index in [0.29, 0.717) is 5.75 Å². The number of thioether (sulfide) groups is 1. The molecule has 5 nitrogen and oxygen atoms in total. The number of carbonyl (C=O) groups is 2. The SMILES string of the molecule is COC(=O)CN1C(=O)CSC1c1ccc(OC)cc1. The Labute approximate surface area is 115 Å². The van der Waals surface area contributed by atoms with Crippen molar-refractivity contribution >= 4 is 23.6 Å². The monoisotopic (exact) mass is 281 g/mol. The van der Waals surface area contributed by atoms with Gasteiger partial charge in [-0.3, -0.25) is 9.59 Å². The van der Waals surface area contributed by atoms with Crippen molar-refractivity contribution in [2.45, 2.75) is 5.37 Å². The van der Waals surface area contributed by atoms with Crippen molar-refractivity contribution in [1.82, 2.24) is 4.90 Å². The van der Waals surface area contributed by atoms with Crippen molar-refractivity contribution in [2.75, 3.05) is 26.5 Å². The summed E-state index contributed by atoms with van der Waals surface area (Å²) in [4.78, 5) is 24.7. The smallest absolute Gasteiger partial charge is 0.325 e. The third kappa shape index (κ3) is 3.01. The van der Waals surface area contributed by atoms with Crippen molar-refractivity contribution in [3.05, 3.63) is 29.8 Å². The largest absolute Gasteiger partial charge is 0.497 e. The molecular weight excluding hydrogens is 266 g/mol. The van der Waals surface area contributed by atoms with Gasteiger partial charge in [-0.1, -0.05) is 12.1 Å². The highest BCUT2D eigenvalue weighted by molar-refractivity contribution is 8.00. The van der Waals surface area contributed by atoms with Gasteiger partial charge in [0.2, 0.25) is 5.91 Å². The first-order chi connectivity index (χ1) is 9.15. The Bertz CT molecular complexity index is 474. The summed E-state index contributed by atoms with van der Waals surface area (Å²) in [7, 11) is 2.92. The van der Waals surface area contributed by atoms with E-state index < -0.39 is 5.97 Å². The fourth-order valence-electron chi connectivity index (χ4n) is 1.87. The van der Waals surface area contributed by atoms with Crippen LogP contribution in [0.5, 0.6) is 5.75 Å². The molecule has 0 saturated carbocycles. The predicted octanol–water partition coefficient (Wildman–Crippen LogP) is 1.44. The number of rotatable bonds is 4. The molecule has 0 aliphatic carbocycles. The fraction of sp³-hybridized carbons (Fsp3) is 0.385. The Morgan fingerprint density at radius 1 is 1.37 bits per heavy atom. The molecule has 1 heterocycles. The molecule has 19 heavy (non-hydrogen) atoms. The third-order valence-corrected chi connectivity index (χ3v) is 4.15. The maximum atomic E-state index is 11.8. The van der Waals surface area contributed by atoms with E-state index >= 15 is 0 Å². The fourth-order valence-corrected chi connectivity index (χ4v) is 3.06. The Morgan fingerprint density at radius 3 is 2.63 bits per heavy atom. The topological polar surface area (TPSA) is 55.8 Å². The zero-order valence-electron chi connectivity index (χ0n) is 10.8. The number of methoxy groups -OCH3 is 2. The van der Waals surface area contributed by atoms with Gasteiger partial charge in [0.1, 0.15) is 17.7 Å². The molecule has 1 aliphatic rings. The summed E-state index contributed by atoms with van der Waals surface area (Å²) < 4.78 is 9.72. The molecule has 6 heteroatoms. The molecule has 1 aromatic rings. The van der Waals surface area contributed by atoms with E-state index in [1.54, 1.807) is 7.11 Å². The lowest BCUT2D eigenvalue weighted by Gasteiger charge is -2.23. The summed E-state index contributed by atoms with van der Waals surface area (Å²) in [6.07, 6.45) is 0. The van der Waals surface area contributed by atoms with E-state index in [1.165, 1.54) is 23.8 Å². The average molecular weight is 281 g/mol. The average Bonchev–Trinajstić information content (AvgIpc) is 2.80. The number of esters is 1. The van der Waals surface area contributed by atoms with E-state index in [4.69, 9.17) is 4.74 Å². The van der Waals surface area contributed by atoms with E-state index in [2.05, 4.69) is 4.74 Å². The van der Waals surface area contributed by atoms with Crippen LogP contribution < -0.4 is 4.74 Å². The van der Waals surface area contributed by atoms with Crippen LogP contribution in [0.1, 0.15) is 10.9 Å². The number of hydrogen-bond acceptors (Lipinski definition) is 5. The number of hydrogen-bond donors (Lipinski definition) is 0. The second kappa shape index (κ2) is 5.97. The third-order valence-electron chi connectivity index (χ3n) is 2.90. The lowest BCUT2D eigenvalue weighted by molar-refractivity contribution is -0.146. The predicted molar refractivity (Wildman–Crippen MR) is 71.9 cm³/mol. The molecule has 1 aromatic carbocycles. The number of ether oxygens (including phenoxy) is 2. The molecule has 1 atom stereocenters. The van der Waals surface area contributed by atoms with Gasteiger partial charge in [0, 0.05) is 0 Å². The second-order valence-electron chi connectivity index (χ2n) is 4.03. The molecule has 0 radical (unpaired) electrons. The van der Waals surface area contributed by atoms with Crippen LogP contribution >= 0.6 is 11.8 Å². The summed E-state index contributed by atoms with van der Waals surface area (Å²) in [6.45, 7) is -0.0149. The Morgan fingerprint density at radius 2 is 2.05 bits per heavy atom. The van der Waals surface area contributed by atoms with Crippen LogP contribution in [-0.2, 0) is 14.3 Å². The minimum absolute atomic E-state index is 0.0149. The van der Waals surface area contributed by atoms with Gasteiger partial charge in [-0.05, 0) is 17.7 Å². The normalized spacial score (nSPS) is 18.5. The molecule has 1 saturated heterocycles. The van der Waals surface area contributed by atoms with Crippen LogP contribution in [0.15, 0.2) is 24.3 Å². The van der Waals surface area contributed by atoms with Crippen molar-refractivity contribution in [2.24, 2.45) is 0 Å². The van der Waals surface area contributed by atoms with E-state index in [1.807, 2.05) is 24.3 Å². The molecule has 1 aliphatic heterocycles. The number of benzene rings is 1. The molecule has 2 rings (SSSR count). The Balaban J connectivity index is 2.16. The van der Waals surface area contributed by atoms with Crippen molar-refractivity contribution < 1.29 is 19.1 Å². The van der Waals surface area contributed by atoms with Crippen LogP contribution in [0.25, 0.3) is 0 Å². The molecule has 1 amide bonds. The van der Waals surface area contributed by atoms with Gasteiger partial charge >= 0.3 is 5.97 Å². The summed E-state index contributed by atoms with van der Waals surface area (Å²) in [5.74, 6) is 0.691. The molecular formula is C13H15NO4S. The lowest BCUT2D eigenvalue weighted by Crippen LogP contribution is -2.33. The molecule has 102 valence electrons. The first kappa shape index (κ1) is 13.7. The second-order valence-corrected chi connectivity index (χ2v) is 5.10. The van der Waals surface area contributed by atoms with Gasteiger partial charge in [-0.25, -0.2) is 0 Å². The zero-order chi connectivity index (χ0) is 13.8. The molecule has 1 fully saturated rings. The first-order valence-electron chi connectivity index (χ1n) is 5.77. The molecule has 0 N–H and O–H groups in total. The maximum Gasteiger partial charge on any atom is 0.325 e. The Kier molecular flexibility index (Phi) is 4.31. The highest BCUT2D eigenvalue weighted by atomic mass is 32.2. The van der Waals surface area contributed by atoms with E-state index in [0.717, 1.165) is 11.3 Å². The standard InChI is InChI=1S/C13H15NO4S/c1-17-10-5-3-9(4-6-10)13-14(7-12(16)18-2)11(15)8-19-13/h3-6,13H,7-8H2,1-2H3. The van der Waals surface area contributed by atoms with Crippen molar-refractivity contribution in [3.63, 3.8) is 0 Å². The van der Waals surface area contributed by atoms with Crippen LogP contribution in [0.4, 0.5) is 0 Å². The first-order valence-corrected chi connectivity index (χ1v) is 6.82. The van der Waals surface area contributed by atoms with Gasteiger partial charge in [-0.2, -0.15) is 0 Å². The molecule has 0 bridgehead atoms.